The lowest BCUT2D eigenvalue weighted by atomic mass is 10.1. The first kappa shape index (κ1) is 10.5. The van der Waals surface area contributed by atoms with Crippen molar-refractivity contribution >= 4 is 0 Å². The van der Waals surface area contributed by atoms with Gasteiger partial charge in [-0.1, -0.05) is 36.6 Å². The van der Waals surface area contributed by atoms with E-state index in [1.807, 2.05) is 0 Å². The van der Waals surface area contributed by atoms with Crippen molar-refractivity contribution < 1.29 is 0 Å². The van der Waals surface area contributed by atoms with Crippen LogP contribution in [0.3, 0.4) is 0 Å². The molecule has 11 heavy (non-hydrogen) atoms. The molecule has 0 amide bonds. The Bertz CT molecular complexity index is 145. The molecule has 64 valence electrons. The second-order valence-corrected chi connectivity index (χ2v) is 3.32. The van der Waals surface area contributed by atoms with Gasteiger partial charge < -0.3 is 0 Å². The molecule has 0 aliphatic rings. The fourth-order valence-electron chi connectivity index (χ4n) is 0.992. The topological polar surface area (TPSA) is 0 Å². The molecule has 0 aromatic carbocycles. The molecule has 0 radical (unpaired) electrons. The second-order valence-electron chi connectivity index (χ2n) is 3.32. The van der Waals surface area contributed by atoms with Crippen LogP contribution in [-0.4, -0.2) is 0 Å². The fraction of sp³-hybridized carbons (Fsp3) is 0.636. The van der Waals surface area contributed by atoms with Crippen LogP contribution in [0.5, 0.6) is 0 Å². The summed E-state index contributed by atoms with van der Waals surface area (Å²) < 4.78 is 0. The zero-order chi connectivity index (χ0) is 8.69. The third kappa shape index (κ3) is 7.38. The first-order valence-corrected chi connectivity index (χ1v) is 4.45. The summed E-state index contributed by atoms with van der Waals surface area (Å²) in [5.41, 5.74) is 2.93. The highest BCUT2D eigenvalue weighted by atomic mass is 13.9. The SMILES string of the molecule is CCCC(C)=CCC=C(C)C. The molecule has 0 nitrogen and oxygen atoms in total. The van der Waals surface area contributed by atoms with E-state index in [-0.39, 0.29) is 0 Å². The average molecular weight is 152 g/mol. The number of hydrogen-bond acceptors (Lipinski definition) is 0. The lowest BCUT2D eigenvalue weighted by molar-refractivity contribution is 0.899. The standard InChI is InChI=1S/C11H20/c1-5-7-11(4)9-6-8-10(2)3/h8-9H,5-7H2,1-4H3. The van der Waals surface area contributed by atoms with Gasteiger partial charge in [-0.2, -0.15) is 0 Å². The van der Waals surface area contributed by atoms with E-state index < -0.39 is 0 Å². The maximum Gasteiger partial charge on any atom is -0.0164 e. The van der Waals surface area contributed by atoms with Crippen LogP contribution in [0.1, 0.15) is 47.0 Å². The summed E-state index contributed by atoms with van der Waals surface area (Å²) in [7, 11) is 0. The van der Waals surface area contributed by atoms with E-state index >= 15 is 0 Å². The summed E-state index contributed by atoms with van der Waals surface area (Å²) in [6.45, 7) is 8.71. The first-order valence-electron chi connectivity index (χ1n) is 4.45. The Balaban J connectivity index is 3.64. The minimum atomic E-state index is 1.11. The number of rotatable bonds is 4. The van der Waals surface area contributed by atoms with Crippen molar-refractivity contribution in [3.05, 3.63) is 23.3 Å². The Morgan fingerprint density at radius 2 is 1.73 bits per heavy atom. The van der Waals surface area contributed by atoms with Gasteiger partial charge in [0.1, 0.15) is 0 Å². The van der Waals surface area contributed by atoms with Crippen LogP contribution in [0.15, 0.2) is 23.3 Å². The first-order chi connectivity index (χ1) is 5.16. The largest absolute Gasteiger partial charge is 0.0821 e. The van der Waals surface area contributed by atoms with Crippen LogP contribution in [0.4, 0.5) is 0 Å². The minimum absolute atomic E-state index is 1.11. The molecule has 0 atom stereocenters. The maximum atomic E-state index is 2.32. The molecule has 0 bridgehead atoms. The lowest BCUT2D eigenvalue weighted by Gasteiger charge is -1.95. The molecule has 0 heterocycles. The van der Waals surface area contributed by atoms with Crippen molar-refractivity contribution in [3.8, 4) is 0 Å². The quantitative estimate of drug-likeness (QED) is 0.532. The lowest BCUT2D eigenvalue weighted by Crippen LogP contribution is -1.74. The minimum Gasteiger partial charge on any atom is -0.0821 e. The predicted octanol–water partition coefficient (Wildman–Crippen LogP) is 4.09. The average Bonchev–Trinajstić information content (AvgIpc) is 1.87. The number of allylic oxidation sites excluding steroid dienone is 4. The molecule has 0 rings (SSSR count). The molecule has 0 fully saturated rings. The highest BCUT2D eigenvalue weighted by Gasteiger charge is 1.84. The molecule has 0 aliphatic heterocycles. The van der Waals surface area contributed by atoms with Gasteiger partial charge >= 0.3 is 0 Å². The predicted molar refractivity (Wildman–Crippen MR) is 52.7 cm³/mol. The molecule has 0 heteroatoms. The highest BCUT2D eigenvalue weighted by Crippen LogP contribution is 2.05. The molecule has 0 aromatic heterocycles. The molecule has 0 aliphatic carbocycles. The normalized spacial score (nSPS) is 11.5. The van der Waals surface area contributed by atoms with Crippen LogP contribution in [-0.2, 0) is 0 Å². The Morgan fingerprint density at radius 3 is 2.18 bits per heavy atom. The van der Waals surface area contributed by atoms with E-state index in [2.05, 4.69) is 39.8 Å². The summed E-state index contributed by atoms with van der Waals surface area (Å²) in [6.07, 6.45) is 8.19. The van der Waals surface area contributed by atoms with Gasteiger partial charge in [-0.15, -0.1) is 0 Å². The van der Waals surface area contributed by atoms with Gasteiger partial charge in [0, 0.05) is 0 Å². The molecular weight excluding hydrogens is 132 g/mol. The second kappa shape index (κ2) is 6.21. The summed E-state index contributed by atoms with van der Waals surface area (Å²) >= 11 is 0. The van der Waals surface area contributed by atoms with E-state index in [9.17, 15) is 0 Å². The zero-order valence-electron chi connectivity index (χ0n) is 8.28. The Labute approximate surface area is 71.0 Å². The van der Waals surface area contributed by atoms with Crippen molar-refractivity contribution in [1.82, 2.24) is 0 Å². The van der Waals surface area contributed by atoms with Gasteiger partial charge in [-0.05, 0) is 33.6 Å². The smallest absolute Gasteiger partial charge is 0.0164 e. The van der Waals surface area contributed by atoms with Crippen molar-refractivity contribution in [2.24, 2.45) is 0 Å². The Hall–Kier alpha value is -0.520. The molecule has 0 saturated carbocycles. The van der Waals surface area contributed by atoms with Crippen molar-refractivity contribution in [2.75, 3.05) is 0 Å². The van der Waals surface area contributed by atoms with E-state index in [0.29, 0.717) is 0 Å². The van der Waals surface area contributed by atoms with E-state index in [0.717, 1.165) is 6.42 Å². The van der Waals surface area contributed by atoms with Gasteiger partial charge in [-0.25, -0.2) is 0 Å². The van der Waals surface area contributed by atoms with Gasteiger partial charge in [0.25, 0.3) is 0 Å². The molecule has 0 saturated heterocycles. The third-order valence-corrected chi connectivity index (χ3v) is 1.64. The highest BCUT2D eigenvalue weighted by molar-refractivity contribution is 5.04. The van der Waals surface area contributed by atoms with E-state index in [1.54, 1.807) is 0 Å². The van der Waals surface area contributed by atoms with Gasteiger partial charge in [0.05, 0.1) is 0 Å². The molecule has 0 unspecified atom stereocenters. The maximum absolute atomic E-state index is 2.32. The van der Waals surface area contributed by atoms with Crippen molar-refractivity contribution in [3.63, 3.8) is 0 Å². The molecule has 0 aromatic rings. The molecular formula is C11H20. The van der Waals surface area contributed by atoms with Crippen molar-refractivity contribution in [1.29, 1.82) is 0 Å². The Morgan fingerprint density at radius 1 is 1.09 bits per heavy atom. The van der Waals surface area contributed by atoms with Crippen LogP contribution < -0.4 is 0 Å². The van der Waals surface area contributed by atoms with E-state index in [1.165, 1.54) is 24.0 Å². The van der Waals surface area contributed by atoms with Gasteiger partial charge in [0.15, 0.2) is 0 Å². The zero-order valence-corrected chi connectivity index (χ0v) is 8.28. The van der Waals surface area contributed by atoms with Gasteiger partial charge in [-0.3, -0.25) is 0 Å². The van der Waals surface area contributed by atoms with Crippen LogP contribution in [0, 0.1) is 0 Å². The fourth-order valence-corrected chi connectivity index (χ4v) is 0.992. The molecule has 0 spiro atoms. The van der Waals surface area contributed by atoms with Crippen molar-refractivity contribution in [2.45, 2.75) is 47.0 Å². The van der Waals surface area contributed by atoms with Crippen LogP contribution in [0.25, 0.3) is 0 Å². The summed E-state index contributed by atoms with van der Waals surface area (Å²) in [6, 6.07) is 0. The molecule has 0 N–H and O–H groups in total. The van der Waals surface area contributed by atoms with Crippen LogP contribution in [0.2, 0.25) is 0 Å². The third-order valence-electron chi connectivity index (χ3n) is 1.64. The summed E-state index contributed by atoms with van der Waals surface area (Å²) in [4.78, 5) is 0. The van der Waals surface area contributed by atoms with Crippen LogP contribution >= 0.6 is 0 Å². The van der Waals surface area contributed by atoms with Gasteiger partial charge in [0.2, 0.25) is 0 Å². The summed E-state index contributed by atoms with van der Waals surface area (Å²) in [5.74, 6) is 0. The van der Waals surface area contributed by atoms with E-state index in [4.69, 9.17) is 0 Å². The monoisotopic (exact) mass is 152 g/mol. The summed E-state index contributed by atoms with van der Waals surface area (Å²) in [5, 5.41) is 0. The Kier molecular flexibility index (Phi) is 5.91. The number of hydrogen-bond donors (Lipinski definition) is 0.